The molecule has 8 heteroatoms. The van der Waals surface area contributed by atoms with Crippen LogP contribution in [0.5, 0.6) is 0 Å². The van der Waals surface area contributed by atoms with Crippen molar-refractivity contribution in [2.45, 2.75) is 57.3 Å². The van der Waals surface area contributed by atoms with Gasteiger partial charge >= 0.3 is 0 Å². The number of nitrogens with one attached hydrogen (secondary N) is 2. The monoisotopic (exact) mass is 408 g/mol. The molecule has 0 aromatic heterocycles. The fraction of sp³-hybridized carbons (Fsp3) is 0.600. The number of carbonyl (C=O) groups excluding carboxylic acids is 1. The molecule has 0 saturated carbocycles. The number of aliphatic imine (C=N–C) groups is 1. The second-order valence-corrected chi connectivity index (χ2v) is 8.74. The molecule has 1 aromatic carbocycles. The molecule has 1 heterocycles. The van der Waals surface area contributed by atoms with Crippen LogP contribution in [0, 0.1) is 0 Å². The number of benzene rings is 1. The second-order valence-electron chi connectivity index (χ2n) is 7.06. The summed E-state index contributed by atoms with van der Waals surface area (Å²) in [5.41, 5.74) is 0.486. The van der Waals surface area contributed by atoms with Crippen molar-refractivity contribution >= 4 is 27.5 Å². The highest BCUT2D eigenvalue weighted by atomic mass is 32.2. The van der Waals surface area contributed by atoms with Crippen molar-refractivity contribution in [1.29, 1.82) is 0 Å². The van der Waals surface area contributed by atoms with Crippen LogP contribution in [0.3, 0.4) is 0 Å². The molecule has 28 heavy (non-hydrogen) atoms. The molecule has 156 valence electrons. The van der Waals surface area contributed by atoms with Crippen LogP contribution in [0.4, 0.5) is 5.69 Å². The van der Waals surface area contributed by atoms with Gasteiger partial charge in [-0.3, -0.25) is 14.5 Å². The fourth-order valence-corrected chi connectivity index (χ4v) is 4.37. The maximum atomic E-state index is 12.5. The lowest BCUT2D eigenvalue weighted by Gasteiger charge is -2.20. The Morgan fingerprint density at radius 1 is 1.18 bits per heavy atom. The molecule has 1 aliphatic heterocycles. The van der Waals surface area contributed by atoms with Gasteiger partial charge in [-0.1, -0.05) is 19.9 Å². The van der Waals surface area contributed by atoms with Gasteiger partial charge in [-0.15, -0.1) is 0 Å². The first-order valence-electron chi connectivity index (χ1n) is 10.1. The number of sulfonamides is 1. The van der Waals surface area contributed by atoms with Crippen molar-refractivity contribution in [1.82, 2.24) is 9.62 Å². The smallest absolute Gasteiger partial charge is 0.262 e. The largest absolute Gasteiger partial charge is 0.326 e. The topological polar surface area (TPSA) is 90.9 Å². The van der Waals surface area contributed by atoms with E-state index < -0.39 is 10.0 Å². The van der Waals surface area contributed by atoms with Crippen molar-refractivity contribution in [3.05, 3.63) is 24.3 Å². The van der Waals surface area contributed by atoms with E-state index in [4.69, 9.17) is 0 Å². The number of rotatable bonds is 11. The standard InChI is InChI=1S/C20H32N4O3S/c1-3-13-24(14-4-2)15-7-11-20(25)22-17-8-5-9-18(16-17)28(26,27)23-19-10-6-12-21-19/h5,8-9,16H,3-4,6-7,10-15H2,1-2H3,(H,21,23)(H,22,25). The summed E-state index contributed by atoms with van der Waals surface area (Å²) >= 11 is 0. The van der Waals surface area contributed by atoms with E-state index in [1.54, 1.807) is 12.1 Å². The van der Waals surface area contributed by atoms with Gasteiger partial charge in [-0.05, 0) is 63.5 Å². The predicted octanol–water partition coefficient (Wildman–Crippen LogP) is 3.00. The van der Waals surface area contributed by atoms with Crippen molar-refractivity contribution < 1.29 is 13.2 Å². The molecule has 0 spiro atoms. The molecular formula is C20H32N4O3S. The van der Waals surface area contributed by atoms with Crippen LogP contribution < -0.4 is 10.0 Å². The Labute approximate surface area is 168 Å². The highest BCUT2D eigenvalue weighted by Gasteiger charge is 2.18. The molecule has 7 nitrogen and oxygen atoms in total. The molecule has 0 unspecified atom stereocenters. The van der Waals surface area contributed by atoms with E-state index in [2.05, 4.69) is 33.8 Å². The average molecular weight is 409 g/mol. The van der Waals surface area contributed by atoms with E-state index >= 15 is 0 Å². The van der Waals surface area contributed by atoms with E-state index in [9.17, 15) is 13.2 Å². The summed E-state index contributed by atoms with van der Waals surface area (Å²) in [6, 6.07) is 6.33. The molecule has 1 aliphatic rings. The first kappa shape index (κ1) is 22.4. The Hall–Kier alpha value is -1.93. The maximum absolute atomic E-state index is 12.5. The summed E-state index contributed by atoms with van der Waals surface area (Å²) in [6.07, 6.45) is 4.91. The molecule has 0 fully saturated rings. The third-order valence-electron chi connectivity index (χ3n) is 4.51. The summed E-state index contributed by atoms with van der Waals surface area (Å²) in [5.74, 6) is 0.397. The van der Waals surface area contributed by atoms with Crippen molar-refractivity contribution in [3.63, 3.8) is 0 Å². The van der Waals surface area contributed by atoms with E-state index in [-0.39, 0.29) is 10.8 Å². The molecule has 0 saturated heterocycles. The summed E-state index contributed by atoms with van der Waals surface area (Å²) in [4.78, 5) is 18.9. The minimum Gasteiger partial charge on any atom is -0.326 e. The minimum absolute atomic E-state index is 0.101. The van der Waals surface area contributed by atoms with Gasteiger partial charge in [0, 0.05) is 25.1 Å². The highest BCUT2D eigenvalue weighted by Crippen LogP contribution is 2.17. The average Bonchev–Trinajstić information content (AvgIpc) is 3.14. The first-order valence-corrected chi connectivity index (χ1v) is 11.6. The van der Waals surface area contributed by atoms with Gasteiger partial charge in [-0.2, -0.15) is 0 Å². The lowest BCUT2D eigenvalue weighted by molar-refractivity contribution is -0.116. The van der Waals surface area contributed by atoms with Crippen molar-refractivity contribution in [3.8, 4) is 0 Å². The molecule has 0 radical (unpaired) electrons. The fourth-order valence-electron chi connectivity index (χ4n) is 3.23. The zero-order valence-electron chi connectivity index (χ0n) is 16.9. The summed E-state index contributed by atoms with van der Waals surface area (Å²) in [5, 5.41) is 2.81. The van der Waals surface area contributed by atoms with E-state index in [0.717, 1.165) is 45.3 Å². The van der Waals surface area contributed by atoms with Gasteiger partial charge in [0.2, 0.25) is 5.91 Å². The highest BCUT2D eigenvalue weighted by molar-refractivity contribution is 7.90. The van der Waals surface area contributed by atoms with Crippen molar-refractivity contribution in [2.24, 2.45) is 4.99 Å². The molecule has 1 aromatic rings. The predicted molar refractivity (Wildman–Crippen MR) is 113 cm³/mol. The summed E-state index contributed by atoms with van der Waals surface area (Å²) < 4.78 is 27.5. The number of hydrogen-bond acceptors (Lipinski definition) is 5. The Morgan fingerprint density at radius 2 is 1.93 bits per heavy atom. The van der Waals surface area contributed by atoms with Crippen LogP contribution in [-0.4, -0.2) is 51.2 Å². The van der Waals surface area contributed by atoms with Crippen LogP contribution >= 0.6 is 0 Å². The van der Waals surface area contributed by atoms with Gasteiger partial charge < -0.3 is 10.2 Å². The van der Waals surface area contributed by atoms with Gasteiger partial charge in [-0.25, -0.2) is 8.42 Å². The van der Waals surface area contributed by atoms with E-state index in [1.165, 1.54) is 12.1 Å². The van der Waals surface area contributed by atoms with Gasteiger partial charge in [0.1, 0.15) is 5.84 Å². The quantitative estimate of drug-likeness (QED) is 0.589. The minimum atomic E-state index is -3.68. The van der Waals surface area contributed by atoms with Gasteiger partial charge in [0.25, 0.3) is 10.0 Å². The third kappa shape index (κ3) is 7.24. The number of anilines is 1. The molecule has 1 amide bonds. The lowest BCUT2D eigenvalue weighted by Crippen LogP contribution is -2.29. The van der Waals surface area contributed by atoms with Crippen LogP contribution in [-0.2, 0) is 14.8 Å². The van der Waals surface area contributed by atoms with Crippen LogP contribution in [0.25, 0.3) is 0 Å². The number of hydrogen-bond donors (Lipinski definition) is 2. The van der Waals surface area contributed by atoms with Crippen molar-refractivity contribution in [2.75, 3.05) is 31.5 Å². The number of amidine groups is 1. The normalized spacial score (nSPS) is 14.2. The summed E-state index contributed by atoms with van der Waals surface area (Å²) in [6.45, 7) is 7.97. The molecular weight excluding hydrogens is 376 g/mol. The van der Waals surface area contributed by atoms with Gasteiger partial charge in [0.05, 0.1) is 4.90 Å². The molecule has 0 aliphatic carbocycles. The third-order valence-corrected chi connectivity index (χ3v) is 5.89. The Kier molecular flexibility index (Phi) is 8.92. The van der Waals surface area contributed by atoms with E-state index in [1.807, 2.05) is 0 Å². The summed E-state index contributed by atoms with van der Waals surface area (Å²) in [7, 11) is -3.68. The second kappa shape index (κ2) is 11.2. The molecule has 2 N–H and O–H groups in total. The number of carbonyl (C=O) groups is 1. The molecule has 0 bridgehead atoms. The van der Waals surface area contributed by atoms with Crippen LogP contribution in [0.2, 0.25) is 0 Å². The zero-order valence-corrected chi connectivity index (χ0v) is 17.7. The van der Waals surface area contributed by atoms with E-state index in [0.29, 0.717) is 30.9 Å². The lowest BCUT2D eigenvalue weighted by atomic mass is 10.2. The molecule has 2 rings (SSSR count). The number of nitrogens with zero attached hydrogens (tertiary/aromatic N) is 2. The van der Waals surface area contributed by atoms with Crippen LogP contribution in [0.15, 0.2) is 34.2 Å². The SMILES string of the molecule is CCCN(CCC)CCCC(=O)Nc1cccc(S(=O)(=O)NC2=NCCC2)c1. The Bertz CT molecular complexity index is 771. The first-order chi connectivity index (χ1) is 13.4. The Balaban J connectivity index is 1.88. The van der Waals surface area contributed by atoms with Crippen LogP contribution in [0.1, 0.15) is 52.4 Å². The zero-order chi connectivity index (χ0) is 20.4. The Morgan fingerprint density at radius 3 is 2.57 bits per heavy atom. The maximum Gasteiger partial charge on any atom is 0.262 e. The number of amides is 1. The van der Waals surface area contributed by atoms with Gasteiger partial charge in [0.15, 0.2) is 0 Å². The molecule has 0 atom stereocenters.